The molecule has 1 saturated carbocycles. The Morgan fingerprint density at radius 2 is 1.90 bits per heavy atom. The van der Waals surface area contributed by atoms with Crippen LogP contribution in [-0.4, -0.2) is 25.2 Å². The quantitative estimate of drug-likeness (QED) is 0.866. The third-order valence-electron chi connectivity index (χ3n) is 5.55. The lowest BCUT2D eigenvalue weighted by Gasteiger charge is -2.32. The smallest absolute Gasteiger partial charge is 0.0111 e. The van der Waals surface area contributed by atoms with E-state index in [9.17, 15) is 0 Å². The fraction of sp³-hybridized carbons (Fsp3) is 0.684. The molecular weight excluding hydrogens is 256 g/mol. The summed E-state index contributed by atoms with van der Waals surface area (Å²) < 4.78 is 0. The average molecular weight is 286 g/mol. The highest BCUT2D eigenvalue weighted by atomic mass is 15.0. The van der Waals surface area contributed by atoms with Gasteiger partial charge in [-0.3, -0.25) is 0 Å². The minimum Gasteiger partial charge on any atom is -0.314 e. The topological polar surface area (TPSA) is 24.1 Å². The molecule has 2 heteroatoms. The van der Waals surface area contributed by atoms with Crippen molar-refractivity contribution in [3.8, 4) is 0 Å². The van der Waals surface area contributed by atoms with Gasteiger partial charge < -0.3 is 10.6 Å². The minimum atomic E-state index is 0.206. The number of hydrogen-bond acceptors (Lipinski definition) is 2. The molecule has 21 heavy (non-hydrogen) atoms. The molecule has 2 fully saturated rings. The third kappa shape index (κ3) is 3.49. The van der Waals surface area contributed by atoms with Crippen molar-refractivity contribution in [2.45, 2.75) is 63.5 Å². The first-order valence-corrected chi connectivity index (χ1v) is 8.69. The second-order valence-corrected chi connectivity index (χ2v) is 7.53. The molecule has 2 N–H and O–H groups in total. The van der Waals surface area contributed by atoms with Gasteiger partial charge >= 0.3 is 0 Å². The average Bonchev–Trinajstić information content (AvgIpc) is 3.17. The van der Waals surface area contributed by atoms with Crippen LogP contribution in [0, 0.1) is 5.92 Å². The maximum Gasteiger partial charge on any atom is 0.0111 e. The lowest BCUT2D eigenvalue weighted by molar-refractivity contribution is 0.303. The van der Waals surface area contributed by atoms with Gasteiger partial charge in [-0.1, -0.05) is 50.6 Å². The molecule has 1 aliphatic carbocycles. The fourth-order valence-corrected chi connectivity index (χ4v) is 4.18. The standard InChI is InChI=1S/C19H30N2/c1-19(2,15-8-4-3-5-9-15)14-21-18-11-6-10-16(18)17-12-7-13-20-17/h3-5,8-9,16-18,20-21H,6-7,10-14H2,1-2H3. The molecule has 1 aliphatic heterocycles. The Bertz CT molecular complexity index is 434. The van der Waals surface area contributed by atoms with Gasteiger partial charge in [0.05, 0.1) is 0 Å². The molecule has 0 bridgehead atoms. The van der Waals surface area contributed by atoms with Gasteiger partial charge in [-0.05, 0) is 43.7 Å². The first-order chi connectivity index (χ1) is 10.2. The number of rotatable bonds is 5. The molecule has 1 aromatic rings. The largest absolute Gasteiger partial charge is 0.314 e. The summed E-state index contributed by atoms with van der Waals surface area (Å²) in [5, 5.41) is 7.62. The van der Waals surface area contributed by atoms with Crippen LogP contribution in [-0.2, 0) is 5.41 Å². The predicted molar refractivity (Wildman–Crippen MR) is 89.6 cm³/mol. The molecule has 3 unspecified atom stereocenters. The van der Waals surface area contributed by atoms with Crippen molar-refractivity contribution in [1.82, 2.24) is 10.6 Å². The van der Waals surface area contributed by atoms with E-state index in [1.54, 1.807) is 0 Å². The van der Waals surface area contributed by atoms with Crippen LogP contribution in [0.5, 0.6) is 0 Å². The molecule has 1 heterocycles. The third-order valence-corrected chi connectivity index (χ3v) is 5.55. The van der Waals surface area contributed by atoms with Crippen LogP contribution in [0.15, 0.2) is 30.3 Å². The SMILES string of the molecule is CC(C)(CNC1CCCC1C1CCCN1)c1ccccc1. The van der Waals surface area contributed by atoms with E-state index in [0.717, 1.165) is 18.5 Å². The highest BCUT2D eigenvalue weighted by molar-refractivity contribution is 5.24. The van der Waals surface area contributed by atoms with Crippen molar-refractivity contribution in [3.05, 3.63) is 35.9 Å². The van der Waals surface area contributed by atoms with Crippen LogP contribution in [0.25, 0.3) is 0 Å². The summed E-state index contributed by atoms with van der Waals surface area (Å²) >= 11 is 0. The lowest BCUT2D eigenvalue weighted by Crippen LogP contribution is -2.45. The van der Waals surface area contributed by atoms with E-state index in [2.05, 4.69) is 54.8 Å². The van der Waals surface area contributed by atoms with E-state index in [4.69, 9.17) is 0 Å². The molecule has 3 rings (SSSR count). The molecule has 2 nitrogen and oxygen atoms in total. The maximum absolute atomic E-state index is 3.91. The van der Waals surface area contributed by atoms with Gasteiger partial charge in [0.15, 0.2) is 0 Å². The van der Waals surface area contributed by atoms with E-state index < -0.39 is 0 Å². The van der Waals surface area contributed by atoms with E-state index in [0.29, 0.717) is 6.04 Å². The van der Waals surface area contributed by atoms with Gasteiger partial charge in [-0.15, -0.1) is 0 Å². The zero-order valence-electron chi connectivity index (χ0n) is 13.6. The number of nitrogens with one attached hydrogen (secondary N) is 2. The Labute approximate surface area is 129 Å². The van der Waals surface area contributed by atoms with Crippen LogP contribution in [0.2, 0.25) is 0 Å². The van der Waals surface area contributed by atoms with E-state index in [1.807, 2.05) is 0 Å². The fourth-order valence-electron chi connectivity index (χ4n) is 4.18. The van der Waals surface area contributed by atoms with E-state index in [1.165, 1.54) is 44.2 Å². The Kier molecular flexibility index (Phi) is 4.66. The molecule has 0 spiro atoms. The summed E-state index contributed by atoms with van der Waals surface area (Å²) in [5.74, 6) is 0.846. The summed E-state index contributed by atoms with van der Waals surface area (Å²) in [6, 6.07) is 12.4. The molecule has 1 aromatic carbocycles. The van der Waals surface area contributed by atoms with Crippen molar-refractivity contribution in [2.24, 2.45) is 5.92 Å². The Balaban J connectivity index is 1.58. The summed E-state index contributed by atoms with van der Waals surface area (Å²) in [4.78, 5) is 0. The van der Waals surface area contributed by atoms with Crippen molar-refractivity contribution in [2.75, 3.05) is 13.1 Å². The number of hydrogen-bond donors (Lipinski definition) is 2. The Morgan fingerprint density at radius 1 is 1.10 bits per heavy atom. The van der Waals surface area contributed by atoms with Crippen LogP contribution in [0.1, 0.15) is 51.5 Å². The van der Waals surface area contributed by atoms with E-state index in [-0.39, 0.29) is 5.41 Å². The molecular formula is C19H30N2. The lowest BCUT2D eigenvalue weighted by atomic mass is 9.84. The molecule has 0 radical (unpaired) electrons. The van der Waals surface area contributed by atoms with Crippen LogP contribution in [0.4, 0.5) is 0 Å². The van der Waals surface area contributed by atoms with Crippen LogP contribution < -0.4 is 10.6 Å². The molecule has 0 aromatic heterocycles. The summed E-state index contributed by atoms with van der Waals surface area (Å²) in [7, 11) is 0. The van der Waals surface area contributed by atoms with Crippen molar-refractivity contribution in [1.29, 1.82) is 0 Å². The van der Waals surface area contributed by atoms with Crippen LogP contribution in [0.3, 0.4) is 0 Å². The first-order valence-electron chi connectivity index (χ1n) is 8.69. The van der Waals surface area contributed by atoms with Crippen molar-refractivity contribution < 1.29 is 0 Å². The zero-order chi connectivity index (χ0) is 14.7. The Morgan fingerprint density at radius 3 is 2.62 bits per heavy atom. The summed E-state index contributed by atoms with van der Waals surface area (Å²) in [6.45, 7) is 7.01. The second-order valence-electron chi connectivity index (χ2n) is 7.53. The van der Waals surface area contributed by atoms with Crippen LogP contribution >= 0.6 is 0 Å². The monoisotopic (exact) mass is 286 g/mol. The van der Waals surface area contributed by atoms with Gasteiger partial charge in [-0.25, -0.2) is 0 Å². The van der Waals surface area contributed by atoms with E-state index >= 15 is 0 Å². The molecule has 3 atom stereocenters. The molecule has 0 amide bonds. The zero-order valence-corrected chi connectivity index (χ0v) is 13.6. The predicted octanol–water partition coefficient (Wildman–Crippen LogP) is 3.47. The molecule has 1 saturated heterocycles. The highest BCUT2D eigenvalue weighted by Gasteiger charge is 2.35. The Hall–Kier alpha value is -0.860. The normalized spacial score (nSPS) is 29.9. The maximum atomic E-state index is 3.91. The summed E-state index contributed by atoms with van der Waals surface area (Å²) in [6.07, 6.45) is 6.90. The highest BCUT2D eigenvalue weighted by Crippen LogP contribution is 2.32. The van der Waals surface area contributed by atoms with Gasteiger partial charge in [0.25, 0.3) is 0 Å². The van der Waals surface area contributed by atoms with Crippen molar-refractivity contribution in [3.63, 3.8) is 0 Å². The van der Waals surface area contributed by atoms with Gasteiger partial charge in [0.2, 0.25) is 0 Å². The molecule has 116 valence electrons. The molecule has 2 aliphatic rings. The number of benzene rings is 1. The van der Waals surface area contributed by atoms with Gasteiger partial charge in [0.1, 0.15) is 0 Å². The van der Waals surface area contributed by atoms with Gasteiger partial charge in [-0.2, -0.15) is 0 Å². The van der Waals surface area contributed by atoms with Gasteiger partial charge in [0, 0.05) is 24.0 Å². The first kappa shape index (κ1) is 15.1. The summed E-state index contributed by atoms with van der Waals surface area (Å²) in [5.41, 5.74) is 1.64. The second kappa shape index (κ2) is 6.50. The van der Waals surface area contributed by atoms with Crippen molar-refractivity contribution >= 4 is 0 Å². The minimum absolute atomic E-state index is 0.206.